The smallest absolute Gasteiger partial charge is 0.102 e. The van der Waals surface area contributed by atoms with Crippen molar-refractivity contribution in [3.8, 4) is 5.69 Å². The zero-order chi connectivity index (χ0) is 12.3. The van der Waals surface area contributed by atoms with Gasteiger partial charge >= 0.3 is 0 Å². The summed E-state index contributed by atoms with van der Waals surface area (Å²) in [6, 6.07) is 7.82. The number of hydrogen-bond donors (Lipinski definition) is 1. The van der Waals surface area contributed by atoms with Crippen LogP contribution >= 0.6 is 15.9 Å². The first kappa shape index (κ1) is 12.2. The minimum atomic E-state index is 0.356. The lowest BCUT2D eigenvalue weighted by molar-refractivity contribution is 0.178. The first-order valence-corrected chi connectivity index (χ1v) is 5.94. The lowest BCUT2D eigenvalue weighted by atomic mass is 10.3. The lowest BCUT2D eigenvalue weighted by Crippen LogP contribution is -2.07. The van der Waals surface area contributed by atoms with Crippen LogP contribution < -0.4 is 5.73 Å². The van der Waals surface area contributed by atoms with Crippen molar-refractivity contribution in [1.29, 1.82) is 0 Å². The topological polar surface area (TPSA) is 66.0 Å². The molecule has 0 aliphatic heterocycles. The fourth-order valence-corrected chi connectivity index (χ4v) is 1.83. The highest BCUT2D eigenvalue weighted by molar-refractivity contribution is 9.10. The zero-order valence-corrected chi connectivity index (χ0v) is 11.0. The van der Waals surface area contributed by atoms with Crippen molar-refractivity contribution in [3.05, 3.63) is 40.1 Å². The number of hydrogen-bond acceptors (Lipinski definition) is 4. The molecule has 0 saturated heterocycles. The Bertz CT molecular complexity index is 495. The van der Waals surface area contributed by atoms with E-state index in [1.54, 1.807) is 11.8 Å². The molecule has 6 heteroatoms. The van der Waals surface area contributed by atoms with Crippen molar-refractivity contribution >= 4 is 15.9 Å². The van der Waals surface area contributed by atoms with E-state index in [9.17, 15) is 0 Å². The van der Waals surface area contributed by atoms with Crippen LogP contribution in [0.2, 0.25) is 0 Å². The number of ether oxygens (including phenoxy) is 1. The summed E-state index contributed by atoms with van der Waals surface area (Å²) < 4.78 is 7.92. The number of halogens is 1. The Labute approximate surface area is 108 Å². The van der Waals surface area contributed by atoms with Crippen LogP contribution in [0.3, 0.4) is 0 Å². The van der Waals surface area contributed by atoms with Gasteiger partial charge in [0.2, 0.25) is 0 Å². The summed E-state index contributed by atoms with van der Waals surface area (Å²) >= 11 is 3.40. The monoisotopic (exact) mass is 296 g/mol. The molecule has 0 aliphatic carbocycles. The number of aromatic nitrogens is 3. The van der Waals surface area contributed by atoms with Crippen molar-refractivity contribution in [2.75, 3.05) is 7.11 Å². The molecule has 2 aromatic rings. The maximum Gasteiger partial charge on any atom is 0.102 e. The highest BCUT2D eigenvalue weighted by Gasteiger charge is 2.12. The predicted octanol–water partition coefficient (Wildman–Crippen LogP) is 1.63. The van der Waals surface area contributed by atoms with Gasteiger partial charge in [0.25, 0.3) is 0 Å². The first-order chi connectivity index (χ1) is 8.26. The quantitative estimate of drug-likeness (QED) is 0.931. The predicted molar refractivity (Wildman–Crippen MR) is 67.7 cm³/mol. The van der Waals surface area contributed by atoms with Crippen molar-refractivity contribution in [2.24, 2.45) is 5.73 Å². The number of rotatable bonds is 4. The van der Waals surface area contributed by atoms with Crippen molar-refractivity contribution < 1.29 is 4.74 Å². The molecule has 0 spiro atoms. The Balaban J connectivity index is 2.43. The second kappa shape index (κ2) is 5.39. The molecule has 1 aromatic heterocycles. The molecule has 90 valence electrons. The van der Waals surface area contributed by atoms with Gasteiger partial charge in [-0.3, -0.25) is 0 Å². The van der Waals surface area contributed by atoms with E-state index in [-0.39, 0.29) is 0 Å². The summed E-state index contributed by atoms with van der Waals surface area (Å²) in [6.07, 6.45) is 0. The Kier molecular flexibility index (Phi) is 3.88. The second-order valence-corrected chi connectivity index (χ2v) is 4.42. The van der Waals surface area contributed by atoms with Crippen LogP contribution in [0.15, 0.2) is 28.7 Å². The van der Waals surface area contributed by atoms with Crippen LogP contribution in [-0.4, -0.2) is 22.1 Å². The molecule has 0 amide bonds. The van der Waals surface area contributed by atoms with E-state index >= 15 is 0 Å². The standard InChI is InChI=1S/C11H13BrN4O/c1-17-7-11-10(6-13)14-15-16(11)9-4-2-8(12)3-5-9/h2-5H,6-7,13H2,1H3. The lowest BCUT2D eigenvalue weighted by Gasteiger charge is -2.06. The molecular weight excluding hydrogens is 284 g/mol. The van der Waals surface area contributed by atoms with Gasteiger partial charge in [0.15, 0.2) is 0 Å². The van der Waals surface area contributed by atoms with E-state index in [0.717, 1.165) is 21.5 Å². The minimum Gasteiger partial charge on any atom is -0.378 e. The van der Waals surface area contributed by atoms with Gasteiger partial charge < -0.3 is 10.5 Å². The maximum atomic E-state index is 5.62. The van der Waals surface area contributed by atoms with E-state index in [0.29, 0.717) is 13.2 Å². The minimum absolute atomic E-state index is 0.356. The van der Waals surface area contributed by atoms with Gasteiger partial charge in [-0.05, 0) is 24.3 Å². The van der Waals surface area contributed by atoms with Crippen molar-refractivity contribution in [1.82, 2.24) is 15.0 Å². The van der Waals surface area contributed by atoms with Gasteiger partial charge in [-0.2, -0.15) is 0 Å². The zero-order valence-electron chi connectivity index (χ0n) is 9.43. The van der Waals surface area contributed by atoms with E-state index in [2.05, 4.69) is 26.2 Å². The largest absolute Gasteiger partial charge is 0.378 e. The van der Waals surface area contributed by atoms with Crippen molar-refractivity contribution in [2.45, 2.75) is 13.2 Å². The average Bonchev–Trinajstić information content (AvgIpc) is 2.74. The van der Waals surface area contributed by atoms with E-state index in [4.69, 9.17) is 10.5 Å². The van der Waals surface area contributed by atoms with E-state index in [1.165, 1.54) is 0 Å². The molecule has 0 aliphatic rings. The Hall–Kier alpha value is -1.24. The fourth-order valence-electron chi connectivity index (χ4n) is 1.56. The third kappa shape index (κ3) is 2.54. The van der Waals surface area contributed by atoms with E-state index in [1.807, 2.05) is 24.3 Å². The molecule has 1 aromatic carbocycles. The van der Waals surface area contributed by atoms with Gasteiger partial charge in [-0.15, -0.1) is 5.10 Å². The average molecular weight is 297 g/mol. The van der Waals surface area contributed by atoms with Gasteiger partial charge in [0.05, 0.1) is 18.0 Å². The molecule has 0 saturated carbocycles. The van der Waals surface area contributed by atoms with Crippen LogP contribution in [0.5, 0.6) is 0 Å². The summed E-state index contributed by atoms with van der Waals surface area (Å²) in [6.45, 7) is 0.796. The molecule has 1 heterocycles. The summed E-state index contributed by atoms with van der Waals surface area (Å²) in [5.74, 6) is 0. The van der Waals surface area contributed by atoms with Crippen LogP contribution in [0, 0.1) is 0 Å². The highest BCUT2D eigenvalue weighted by Crippen LogP contribution is 2.16. The van der Waals surface area contributed by atoms with Crippen LogP contribution in [0.4, 0.5) is 0 Å². The Morgan fingerprint density at radius 1 is 1.35 bits per heavy atom. The molecule has 0 unspecified atom stereocenters. The third-order valence-corrected chi connectivity index (χ3v) is 2.92. The normalized spacial score (nSPS) is 10.8. The molecule has 0 radical (unpaired) electrons. The molecule has 0 bridgehead atoms. The molecule has 0 fully saturated rings. The van der Waals surface area contributed by atoms with Gasteiger partial charge in [0.1, 0.15) is 5.69 Å². The second-order valence-electron chi connectivity index (χ2n) is 3.51. The first-order valence-electron chi connectivity index (χ1n) is 5.14. The van der Waals surface area contributed by atoms with Crippen LogP contribution in [0.25, 0.3) is 5.69 Å². The SMILES string of the molecule is COCc1c(CN)nnn1-c1ccc(Br)cc1. The summed E-state index contributed by atoms with van der Waals surface area (Å²) in [5, 5.41) is 8.15. The molecule has 2 N–H and O–H groups in total. The third-order valence-electron chi connectivity index (χ3n) is 2.39. The maximum absolute atomic E-state index is 5.62. The summed E-state index contributed by atoms with van der Waals surface area (Å²) in [7, 11) is 1.64. The number of benzene rings is 1. The number of nitrogens with zero attached hydrogens (tertiary/aromatic N) is 3. The Morgan fingerprint density at radius 2 is 2.06 bits per heavy atom. The summed E-state index contributed by atoms with van der Waals surface area (Å²) in [5.41, 5.74) is 8.20. The number of methoxy groups -OCH3 is 1. The molecule has 17 heavy (non-hydrogen) atoms. The molecule has 0 atom stereocenters. The Morgan fingerprint density at radius 3 is 2.65 bits per heavy atom. The van der Waals surface area contributed by atoms with Gasteiger partial charge in [-0.25, -0.2) is 4.68 Å². The molecule has 5 nitrogen and oxygen atoms in total. The van der Waals surface area contributed by atoms with Gasteiger partial charge in [0, 0.05) is 18.1 Å². The van der Waals surface area contributed by atoms with Crippen LogP contribution in [0.1, 0.15) is 11.4 Å². The molecule has 2 rings (SSSR count). The highest BCUT2D eigenvalue weighted by atomic mass is 79.9. The van der Waals surface area contributed by atoms with Crippen molar-refractivity contribution in [3.63, 3.8) is 0 Å². The summed E-state index contributed by atoms with van der Waals surface area (Å²) in [4.78, 5) is 0. The van der Waals surface area contributed by atoms with E-state index < -0.39 is 0 Å². The van der Waals surface area contributed by atoms with Gasteiger partial charge in [-0.1, -0.05) is 21.1 Å². The van der Waals surface area contributed by atoms with Crippen LogP contribution in [-0.2, 0) is 17.9 Å². The fraction of sp³-hybridized carbons (Fsp3) is 0.273. The molecular formula is C11H13BrN4O. The number of nitrogens with two attached hydrogens (primary N) is 1.